The summed E-state index contributed by atoms with van der Waals surface area (Å²) in [5.74, 6) is 0.0599. The van der Waals surface area contributed by atoms with Gasteiger partial charge in [-0.25, -0.2) is 13.1 Å². The molecule has 1 saturated heterocycles. The molecule has 2 N–H and O–H groups in total. The third-order valence-electron chi connectivity index (χ3n) is 2.84. The maximum absolute atomic E-state index is 11.9. The fourth-order valence-electron chi connectivity index (χ4n) is 2.04. The first-order chi connectivity index (χ1) is 8.16. The van der Waals surface area contributed by atoms with E-state index in [2.05, 4.69) is 10.0 Å². The Morgan fingerprint density at radius 3 is 2.71 bits per heavy atom. The lowest BCUT2D eigenvalue weighted by atomic mass is 10.1. The third-order valence-corrected chi connectivity index (χ3v) is 4.25. The Morgan fingerprint density at radius 1 is 1.29 bits per heavy atom. The molecule has 5 heteroatoms. The molecule has 0 spiro atoms. The Hall–Kier alpha value is -0.910. The summed E-state index contributed by atoms with van der Waals surface area (Å²) in [5, 5.41) is 3.19. The highest BCUT2D eigenvalue weighted by molar-refractivity contribution is 7.88. The number of benzene rings is 1. The summed E-state index contributed by atoms with van der Waals surface area (Å²) in [6, 6.07) is 9.29. The number of hydrogen-bond acceptors (Lipinski definition) is 3. The van der Waals surface area contributed by atoms with Crippen molar-refractivity contribution in [2.24, 2.45) is 0 Å². The lowest BCUT2D eigenvalue weighted by Crippen LogP contribution is -2.45. The first kappa shape index (κ1) is 12.5. The van der Waals surface area contributed by atoms with Crippen LogP contribution in [0.15, 0.2) is 30.3 Å². The Labute approximate surface area is 102 Å². The molecule has 1 aromatic carbocycles. The van der Waals surface area contributed by atoms with Gasteiger partial charge in [0.15, 0.2) is 0 Å². The fraction of sp³-hybridized carbons (Fsp3) is 0.500. The van der Waals surface area contributed by atoms with Gasteiger partial charge in [0, 0.05) is 12.6 Å². The molecule has 1 aliphatic rings. The zero-order chi connectivity index (χ0) is 12.1. The molecule has 0 saturated carbocycles. The van der Waals surface area contributed by atoms with Crippen LogP contribution in [-0.4, -0.2) is 27.5 Å². The maximum Gasteiger partial charge on any atom is 0.216 e. The summed E-state index contributed by atoms with van der Waals surface area (Å²) >= 11 is 0. The number of hydrogen-bond donors (Lipinski definition) is 2. The van der Waals surface area contributed by atoms with Gasteiger partial charge in [0.25, 0.3) is 0 Å². The molecule has 4 nitrogen and oxygen atoms in total. The van der Waals surface area contributed by atoms with Crippen molar-refractivity contribution >= 4 is 10.0 Å². The van der Waals surface area contributed by atoms with Crippen molar-refractivity contribution in [3.63, 3.8) is 0 Å². The van der Waals surface area contributed by atoms with Crippen molar-refractivity contribution in [2.75, 3.05) is 13.1 Å². The van der Waals surface area contributed by atoms with Gasteiger partial charge in [-0.2, -0.15) is 0 Å². The lowest BCUT2D eigenvalue weighted by molar-refractivity contribution is 0.428. The summed E-state index contributed by atoms with van der Waals surface area (Å²) in [5.41, 5.74) is 0.823. The van der Waals surface area contributed by atoms with Crippen LogP contribution in [-0.2, 0) is 15.8 Å². The largest absolute Gasteiger partial charge is 0.315 e. The van der Waals surface area contributed by atoms with Crippen LogP contribution >= 0.6 is 0 Å². The van der Waals surface area contributed by atoms with E-state index in [0.717, 1.165) is 31.5 Å². The van der Waals surface area contributed by atoms with E-state index in [1.807, 2.05) is 30.3 Å². The van der Waals surface area contributed by atoms with E-state index >= 15 is 0 Å². The van der Waals surface area contributed by atoms with Crippen LogP contribution in [0.3, 0.4) is 0 Å². The molecule has 1 atom stereocenters. The van der Waals surface area contributed by atoms with Crippen molar-refractivity contribution in [2.45, 2.75) is 24.6 Å². The highest BCUT2D eigenvalue weighted by Gasteiger charge is 2.19. The van der Waals surface area contributed by atoms with Gasteiger partial charge < -0.3 is 5.32 Å². The lowest BCUT2D eigenvalue weighted by Gasteiger charge is -2.23. The Balaban J connectivity index is 1.94. The van der Waals surface area contributed by atoms with Crippen LogP contribution in [0.2, 0.25) is 0 Å². The summed E-state index contributed by atoms with van der Waals surface area (Å²) in [4.78, 5) is 0. The Morgan fingerprint density at radius 2 is 2.06 bits per heavy atom. The van der Waals surface area contributed by atoms with Gasteiger partial charge in [0.2, 0.25) is 10.0 Å². The third kappa shape index (κ3) is 4.11. The first-order valence-corrected chi connectivity index (χ1v) is 7.55. The Bertz CT molecular complexity index is 439. The number of nitrogens with one attached hydrogen (secondary N) is 2. The zero-order valence-electron chi connectivity index (χ0n) is 9.72. The van der Waals surface area contributed by atoms with Gasteiger partial charge in [0.1, 0.15) is 0 Å². The summed E-state index contributed by atoms with van der Waals surface area (Å²) < 4.78 is 26.6. The van der Waals surface area contributed by atoms with Gasteiger partial charge >= 0.3 is 0 Å². The predicted molar refractivity (Wildman–Crippen MR) is 68.1 cm³/mol. The molecule has 1 fully saturated rings. The van der Waals surface area contributed by atoms with E-state index in [4.69, 9.17) is 0 Å². The molecule has 0 radical (unpaired) electrons. The van der Waals surface area contributed by atoms with Gasteiger partial charge in [-0.15, -0.1) is 0 Å². The summed E-state index contributed by atoms with van der Waals surface area (Å²) in [6.45, 7) is 1.71. The zero-order valence-corrected chi connectivity index (χ0v) is 10.5. The van der Waals surface area contributed by atoms with E-state index in [0.29, 0.717) is 0 Å². The first-order valence-electron chi connectivity index (χ1n) is 5.90. The molecule has 0 aromatic heterocycles. The van der Waals surface area contributed by atoms with E-state index in [9.17, 15) is 8.42 Å². The number of sulfonamides is 1. The molecule has 2 rings (SSSR count). The second-order valence-electron chi connectivity index (χ2n) is 4.41. The average Bonchev–Trinajstić information content (AvgIpc) is 2.30. The van der Waals surface area contributed by atoms with E-state index in [1.54, 1.807) is 0 Å². The van der Waals surface area contributed by atoms with Crippen LogP contribution in [0.5, 0.6) is 0 Å². The molecule has 0 amide bonds. The minimum Gasteiger partial charge on any atom is -0.315 e. The quantitative estimate of drug-likeness (QED) is 0.838. The second-order valence-corrected chi connectivity index (χ2v) is 6.16. The maximum atomic E-state index is 11.9. The van der Waals surface area contributed by atoms with Crippen LogP contribution in [0.4, 0.5) is 0 Å². The van der Waals surface area contributed by atoms with Crippen molar-refractivity contribution in [1.82, 2.24) is 10.0 Å². The molecule has 94 valence electrons. The minimum absolute atomic E-state index is 0.0393. The molecule has 1 aromatic rings. The van der Waals surface area contributed by atoms with Crippen LogP contribution in [0.25, 0.3) is 0 Å². The van der Waals surface area contributed by atoms with Crippen LogP contribution in [0, 0.1) is 0 Å². The monoisotopic (exact) mass is 254 g/mol. The van der Waals surface area contributed by atoms with Crippen LogP contribution < -0.4 is 10.0 Å². The Kier molecular flexibility index (Phi) is 4.15. The van der Waals surface area contributed by atoms with E-state index in [-0.39, 0.29) is 11.8 Å². The second kappa shape index (κ2) is 5.62. The molecule has 17 heavy (non-hydrogen) atoms. The molecule has 1 aliphatic heterocycles. The molecule has 0 bridgehead atoms. The van der Waals surface area contributed by atoms with E-state index in [1.165, 1.54) is 0 Å². The van der Waals surface area contributed by atoms with Gasteiger partial charge in [-0.1, -0.05) is 30.3 Å². The minimum atomic E-state index is -3.22. The normalized spacial score (nSPS) is 21.3. The smallest absolute Gasteiger partial charge is 0.216 e. The van der Waals surface area contributed by atoms with Crippen molar-refractivity contribution < 1.29 is 8.42 Å². The van der Waals surface area contributed by atoms with Gasteiger partial charge in [-0.3, -0.25) is 0 Å². The molecular weight excluding hydrogens is 236 g/mol. The molecule has 0 unspecified atom stereocenters. The molecule has 0 aliphatic carbocycles. The number of piperidine rings is 1. The van der Waals surface area contributed by atoms with Crippen molar-refractivity contribution in [3.8, 4) is 0 Å². The predicted octanol–water partition coefficient (Wildman–Crippen LogP) is 0.858. The SMILES string of the molecule is O=S(=O)(Cc1ccccc1)N[C@H]1CCCNC1. The molecule has 1 heterocycles. The average molecular weight is 254 g/mol. The van der Waals surface area contributed by atoms with Crippen molar-refractivity contribution in [3.05, 3.63) is 35.9 Å². The standard InChI is InChI=1S/C12H18N2O2S/c15-17(16,10-11-5-2-1-3-6-11)14-12-7-4-8-13-9-12/h1-3,5-6,12-14H,4,7-10H2/t12-/m0/s1. The van der Waals surface area contributed by atoms with Crippen molar-refractivity contribution in [1.29, 1.82) is 0 Å². The number of rotatable bonds is 4. The fourth-order valence-corrected chi connectivity index (χ4v) is 3.47. The van der Waals surface area contributed by atoms with E-state index < -0.39 is 10.0 Å². The highest BCUT2D eigenvalue weighted by atomic mass is 32.2. The van der Waals surface area contributed by atoms with Crippen LogP contribution in [0.1, 0.15) is 18.4 Å². The highest BCUT2D eigenvalue weighted by Crippen LogP contribution is 2.07. The topological polar surface area (TPSA) is 58.2 Å². The van der Waals surface area contributed by atoms with Gasteiger partial charge in [-0.05, 0) is 24.9 Å². The summed E-state index contributed by atoms with van der Waals surface area (Å²) in [6.07, 6.45) is 1.94. The summed E-state index contributed by atoms with van der Waals surface area (Å²) in [7, 11) is -3.22. The molecular formula is C12H18N2O2S. The van der Waals surface area contributed by atoms with Gasteiger partial charge in [0.05, 0.1) is 5.75 Å².